The zero-order valence-corrected chi connectivity index (χ0v) is 19.8. The summed E-state index contributed by atoms with van der Waals surface area (Å²) in [6.07, 6.45) is 2.03. The van der Waals surface area contributed by atoms with Crippen molar-refractivity contribution in [2.45, 2.75) is 38.2 Å². The molecular formula is C23H22Cl2FN5O2. The molecule has 2 aromatic heterocycles. The van der Waals surface area contributed by atoms with Crippen LogP contribution >= 0.6 is 23.2 Å². The molecule has 1 saturated heterocycles. The van der Waals surface area contributed by atoms with E-state index in [1.165, 1.54) is 18.5 Å². The van der Waals surface area contributed by atoms with Gasteiger partial charge in [-0.05, 0) is 57.4 Å². The first-order valence-electron chi connectivity index (χ1n) is 10.6. The number of benzene rings is 1. The summed E-state index contributed by atoms with van der Waals surface area (Å²) in [5, 5.41) is 2.93. The van der Waals surface area contributed by atoms with Gasteiger partial charge >= 0.3 is 6.09 Å². The lowest BCUT2D eigenvalue weighted by atomic mass is 10.0. The number of hydrogen-bond donors (Lipinski definition) is 1. The molecule has 5 rings (SSSR count). The van der Waals surface area contributed by atoms with E-state index < -0.39 is 11.4 Å². The third-order valence-electron chi connectivity index (χ3n) is 6.08. The second-order valence-electron chi connectivity index (χ2n) is 9.55. The largest absolute Gasteiger partial charge is 0.444 e. The number of ether oxygens (including phenoxy) is 1. The van der Waals surface area contributed by atoms with Crippen molar-refractivity contribution in [2.75, 3.05) is 18.4 Å². The molecule has 2 atom stereocenters. The lowest BCUT2D eigenvalue weighted by Gasteiger charge is -2.26. The number of amides is 1. The van der Waals surface area contributed by atoms with E-state index in [2.05, 4.69) is 15.3 Å². The number of nitrogens with one attached hydrogen (secondary N) is 1. The maximum Gasteiger partial charge on any atom is 0.410 e. The number of pyridine rings is 1. The van der Waals surface area contributed by atoms with Crippen molar-refractivity contribution < 1.29 is 13.9 Å². The predicted molar refractivity (Wildman–Crippen MR) is 125 cm³/mol. The zero-order valence-electron chi connectivity index (χ0n) is 18.3. The first-order chi connectivity index (χ1) is 15.6. The molecule has 1 amide bonds. The minimum atomic E-state index is -0.670. The quantitative estimate of drug-likeness (QED) is 0.473. The summed E-state index contributed by atoms with van der Waals surface area (Å²) >= 11 is 11.8. The number of aromatic nitrogens is 3. The predicted octanol–water partition coefficient (Wildman–Crippen LogP) is 5.72. The lowest BCUT2D eigenvalue weighted by Crippen LogP contribution is -2.37. The van der Waals surface area contributed by atoms with Crippen LogP contribution in [0.5, 0.6) is 0 Å². The molecule has 3 heterocycles. The molecule has 0 spiro atoms. The Labute approximate surface area is 200 Å². The number of piperidine rings is 1. The molecule has 3 aromatic rings. The van der Waals surface area contributed by atoms with Crippen LogP contribution in [-0.2, 0) is 10.2 Å². The summed E-state index contributed by atoms with van der Waals surface area (Å²) in [4.78, 5) is 27.7. The van der Waals surface area contributed by atoms with Gasteiger partial charge in [-0.2, -0.15) is 0 Å². The van der Waals surface area contributed by atoms with Crippen LogP contribution in [0.4, 0.5) is 20.7 Å². The molecule has 1 aliphatic carbocycles. The highest BCUT2D eigenvalue weighted by Gasteiger charge is 2.63. The third-order valence-corrected chi connectivity index (χ3v) is 6.86. The Morgan fingerprint density at radius 1 is 1.24 bits per heavy atom. The number of carbonyl (C=O) groups excluding carboxylic acids is 1. The van der Waals surface area contributed by atoms with Crippen LogP contribution in [0.2, 0.25) is 10.0 Å². The Balaban J connectivity index is 1.45. The van der Waals surface area contributed by atoms with Crippen LogP contribution in [-0.4, -0.2) is 44.6 Å². The molecule has 1 aliphatic heterocycles. The van der Waals surface area contributed by atoms with Crippen molar-refractivity contribution in [1.29, 1.82) is 0 Å². The fourth-order valence-corrected chi connectivity index (χ4v) is 4.71. The minimum Gasteiger partial charge on any atom is -0.444 e. The van der Waals surface area contributed by atoms with E-state index in [-0.39, 0.29) is 27.2 Å². The number of nitrogens with zero attached hydrogens (tertiary/aromatic N) is 4. The molecular weight excluding hydrogens is 468 g/mol. The van der Waals surface area contributed by atoms with Gasteiger partial charge < -0.3 is 15.0 Å². The second-order valence-corrected chi connectivity index (χ2v) is 10.3. The Morgan fingerprint density at radius 3 is 2.79 bits per heavy atom. The van der Waals surface area contributed by atoms with E-state index >= 15 is 0 Å². The van der Waals surface area contributed by atoms with Crippen molar-refractivity contribution in [1.82, 2.24) is 19.9 Å². The van der Waals surface area contributed by atoms with E-state index in [4.69, 9.17) is 32.9 Å². The number of fused-ring (bicyclic) bond motifs is 2. The maximum atomic E-state index is 14.6. The molecule has 0 bridgehead atoms. The van der Waals surface area contributed by atoms with Crippen LogP contribution < -0.4 is 5.32 Å². The van der Waals surface area contributed by atoms with Crippen LogP contribution in [0.15, 0.2) is 30.6 Å². The average Bonchev–Trinajstić information content (AvgIpc) is 3.33. The van der Waals surface area contributed by atoms with Crippen LogP contribution in [0.25, 0.3) is 11.0 Å². The number of likely N-dealkylation sites (tertiary alicyclic amines) is 1. The standard InChI is InChI=1S/C23H22Cl2FN5O2/c1-22(2,3)33-21(32)31-9-12-8-23(12,10-31)16-7-6-15-19(30-16)20(28-11-27-15)29-14-5-4-13(24)17(25)18(14)26/h4-7,11-12H,8-10H2,1-3H3,(H,27,28,29). The summed E-state index contributed by atoms with van der Waals surface area (Å²) in [5.41, 5.74) is 1.36. The van der Waals surface area contributed by atoms with E-state index in [0.29, 0.717) is 35.9 Å². The number of halogens is 3. The smallest absolute Gasteiger partial charge is 0.410 e. The molecule has 33 heavy (non-hydrogen) atoms. The molecule has 1 saturated carbocycles. The van der Waals surface area contributed by atoms with Gasteiger partial charge in [0.05, 0.1) is 21.2 Å². The highest BCUT2D eigenvalue weighted by atomic mass is 35.5. The Kier molecular flexibility index (Phi) is 5.14. The normalized spacial score (nSPS) is 21.8. The molecule has 10 heteroatoms. The van der Waals surface area contributed by atoms with Gasteiger partial charge in [0, 0.05) is 24.2 Å². The van der Waals surface area contributed by atoms with Gasteiger partial charge in [0.25, 0.3) is 0 Å². The van der Waals surface area contributed by atoms with Crippen molar-refractivity contribution >= 4 is 51.8 Å². The van der Waals surface area contributed by atoms with Crippen LogP contribution in [0, 0.1) is 11.7 Å². The van der Waals surface area contributed by atoms with E-state index in [9.17, 15) is 9.18 Å². The van der Waals surface area contributed by atoms with Gasteiger partial charge in [-0.1, -0.05) is 23.2 Å². The summed E-state index contributed by atoms with van der Waals surface area (Å²) in [5.74, 6) is 0.00925. The molecule has 0 radical (unpaired) electrons. The molecule has 2 aliphatic rings. The number of anilines is 2. The fraction of sp³-hybridized carbons (Fsp3) is 0.391. The third kappa shape index (κ3) is 3.95. The highest BCUT2D eigenvalue weighted by Crippen LogP contribution is 2.58. The summed E-state index contributed by atoms with van der Waals surface area (Å²) in [6, 6.07) is 6.81. The molecule has 172 valence electrons. The monoisotopic (exact) mass is 489 g/mol. The zero-order chi connectivity index (χ0) is 23.5. The van der Waals surface area contributed by atoms with Gasteiger partial charge in [-0.15, -0.1) is 0 Å². The van der Waals surface area contributed by atoms with Gasteiger partial charge in [0.2, 0.25) is 0 Å². The Morgan fingerprint density at radius 2 is 2.03 bits per heavy atom. The van der Waals surface area contributed by atoms with Crippen molar-refractivity contribution in [2.24, 2.45) is 5.92 Å². The van der Waals surface area contributed by atoms with Crippen molar-refractivity contribution in [3.63, 3.8) is 0 Å². The topological polar surface area (TPSA) is 80.2 Å². The van der Waals surface area contributed by atoms with E-state index in [0.717, 1.165) is 12.1 Å². The first-order valence-corrected chi connectivity index (χ1v) is 11.3. The number of hydrogen-bond acceptors (Lipinski definition) is 6. The Hall–Kier alpha value is -2.71. The van der Waals surface area contributed by atoms with Crippen molar-refractivity contribution in [3.8, 4) is 0 Å². The minimum absolute atomic E-state index is 0.127. The molecule has 7 nitrogen and oxygen atoms in total. The maximum absolute atomic E-state index is 14.6. The van der Waals surface area contributed by atoms with E-state index in [1.54, 1.807) is 4.90 Å². The van der Waals surface area contributed by atoms with Gasteiger partial charge in [-0.3, -0.25) is 0 Å². The SMILES string of the molecule is CC(C)(C)OC(=O)N1CC2CC2(c2ccc3ncnc(Nc4ccc(Cl)c(Cl)c4F)c3n2)C1. The van der Waals surface area contributed by atoms with Crippen LogP contribution in [0.1, 0.15) is 32.9 Å². The van der Waals surface area contributed by atoms with Crippen molar-refractivity contribution in [3.05, 3.63) is 52.1 Å². The summed E-state index contributed by atoms with van der Waals surface area (Å²) in [6.45, 7) is 6.75. The fourth-order valence-electron chi connectivity index (χ4n) is 4.40. The molecule has 1 N–H and O–H groups in total. The Bertz CT molecular complexity index is 1280. The van der Waals surface area contributed by atoms with Gasteiger partial charge in [0.15, 0.2) is 11.6 Å². The van der Waals surface area contributed by atoms with E-state index in [1.807, 2.05) is 32.9 Å². The second kappa shape index (κ2) is 7.67. The number of rotatable bonds is 3. The average molecular weight is 490 g/mol. The first kappa shape index (κ1) is 22.1. The lowest BCUT2D eigenvalue weighted by molar-refractivity contribution is 0.0270. The summed E-state index contributed by atoms with van der Waals surface area (Å²) < 4.78 is 20.1. The van der Waals surface area contributed by atoms with Gasteiger partial charge in [0.1, 0.15) is 17.4 Å². The van der Waals surface area contributed by atoms with Gasteiger partial charge in [-0.25, -0.2) is 24.1 Å². The number of carbonyl (C=O) groups is 1. The highest BCUT2D eigenvalue weighted by molar-refractivity contribution is 6.42. The molecule has 1 aromatic carbocycles. The molecule has 2 fully saturated rings. The van der Waals surface area contributed by atoms with Crippen LogP contribution in [0.3, 0.4) is 0 Å². The summed E-state index contributed by atoms with van der Waals surface area (Å²) in [7, 11) is 0. The molecule has 2 unspecified atom stereocenters.